The lowest BCUT2D eigenvalue weighted by molar-refractivity contribution is 0.454. The lowest BCUT2D eigenvalue weighted by Gasteiger charge is -2.24. The van der Waals surface area contributed by atoms with Crippen molar-refractivity contribution in [1.29, 1.82) is 0 Å². The number of piperidine rings is 1. The highest BCUT2D eigenvalue weighted by Gasteiger charge is 2.19. The Balaban J connectivity index is 1.52. The molecule has 0 spiro atoms. The van der Waals surface area contributed by atoms with Crippen molar-refractivity contribution >= 4 is 16.7 Å². The molecule has 122 valence electrons. The lowest BCUT2D eigenvalue weighted by Crippen LogP contribution is -2.27. The maximum absolute atomic E-state index is 4.65. The molecule has 5 heteroatoms. The normalized spacial score (nSPS) is 15.5. The van der Waals surface area contributed by atoms with E-state index in [0.29, 0.717) is 5.92 Å². The van der Waals surface area contributed by atoms with E-state index in [1.807, 2.05) is 18.3 Å². The van der Waals surface area contributed by atoms with Crippen molar-refractivity contribution in [3.8, 4) is 0 Å². The van der Waals surface area contributed by atoms with Crippen LogP contribution in [0.3, 0.4) is 0 Å². The van der Waals surface area contributed by atoms with Gasteiger partial charge in [0, 0.05) is 31.1 Å². The van der Waals surface area contributed by atoms with Crippen LogP contribution in [0.25, 0.3) is 11.0 Å². The molecule has 3 heterocycles. The van der Waals surface area contributed by atoms with E-state index in [2.05, 4.69) is 43.8 Å². The number of anilines is 1. The van der Waals surface area contributed by atoms with Crippen molar-refractivity contribution in [3.05, 3.63) is 60.2 Å². The Kier molecular flexibility index (Phi) is 4.34. The van der Waals surface area contributed by atoms with Gasteiger partial charge in [0.2, 0.25) is 0 Å². The minimum Gasteiger partial charge on any atom is -0.379 e. The number of hydrogen-bond acceptors (Lipinski definition) is 5. The molecule has 0 amide bonds. The highest BCUT2D eigenvalue weighted by Crippen LogP contribution is 2.29. The molecule has 0 unspecified atom stereocenters. The van der Waals surface area contributed by atoms with Gasteiger partial charge in [0.15, 0.2) is 0 Å². The fourth-order valence-corrected chi connectivity index (χ4v) is 3.30. The molecule has 1 aromatic carbocycles. The number of nitrogens with zero attached hydrogens (tertiary/aromatic N) is 3. The van der Waals surface area contributed by atoms with Gasteiger partial charge in [0.05, 0.1) is 22.4 Å². The van der Waals surface area contributed by atoms with E-state index >= 15 is 0 Å². The number of aromatic nitrogens is 3. The minimum absolute atomic E-state index is 0.539. The molecule has 0 aliphatic carbocycles. The van der Waals surface area contributed by atoms with Crippen LogP contribution in [-0.2, 0) is 6.54 Å². The molecule has 1 saturated heterocycles. The number of hydrogen-bond donors (Lipinski definition) is 2. The second-order valence-electron chi connectivity index (χ2n) is 6.19. The van der Waals surface area contributed by atoms with Gasteiger partial charge >= 0.3 is 0 Å². The molecule has 3 aromatic rings. The van der Waals surface area contributed by atoms with Gasteiger partial charge in [-0.25, -0.2) is 0 Å². The first-order valence-electron chi connectivity index (χ1n) is 8.49. The van der Waals surface area contributed by atoms with Crippen LogP contribution in [-0.4, -0.2) is 28.0 Å². The lowest BCUT2D eigenvalue weighted by atomic mass is 9.93. The molecule has 4 rings (SSSR count). The average molecular weight is 319 g/mol. The third-order valence-corrected chi connectivity index (χ3v) is 4.58. The summed E-state index contributed by atoms with van der Waals surface area (Å²) in [4.78, 5) is 13.3. The molecule has 0 radical (unpaired) electrons. The summed E-state index contributed by atoms with van der Waals surface area (Å²) in [5.74, 6) is 0.539. The Morgan fingerprint density at radius 1 is 0.958 bits per heavy atom. The Morgan fingerprint density at radius 3 is 2.67 bits per heavy atom. The summed E-state index contributed by atoms with van der Waals surface area (Å²) in [5, 5.41) is 6.98. The monoisotopic (exact) mass is 319 g/mol. The Labute approximate surface area is 141 Å². The average Bonchev–Trinajstić information content (AvgIpc) is 2.67. The maximum atomic E-state index is 4.65. The molecular weight excluding hydrogens is 298 g/mol. The van der Waals surface area contributed by atoms with Crippen LogP contribution in [0.1, 0.15) is 30.0 Å². The van der Waals surface area contributed by atoms with Gasteiger partial charge in [0.1, 0.15) is 0 Å². The van der Waals surface area contributed by atoms with E-state index in [1.54, 1.807) is 12.4 Å². The smallest absolute Gasteiger partial charge is 0.0890 e. The molecule has 1 fully saturated rings. The van der Waals surface area contributed by atoms with E-state index in [4.69, 9.17) is 0 Å². The van der Waals surface area contributed by atoms with Gasteiger partial charge in [-0.05, 0) is 55.8 Å². The van der Waals surface area contributed by atoms with E-state index in [1.165, 1.54) is 11.3 Å². The number of benzene rings is 1. The molecule has 24 heavy (non-hydrogen) atoms. The zero-order valence-corrected chi connectivity index (χ0v) is 13.6. The van der Waals surface area contributed by atoms with E-state index in [0.717, 1.165) is 49.2 Å². The third-order valence-electron chi connectivity index (χ3n) is 4.58. The van der Waals surface area contributed by atoms with Crippen LogP contribution in [0.2, 0.25) is 0 Å². The first-order chi connectivity index (χ1) is 11.9. The Hall–Kier alpha value is -2.53. The van der Waals surface area contributed by atoms with Crippen molar-refractivity contribution in [3.63, 3.8) is 0 Å². The van der Waals surface area contributed by atoms with Gasteiger partial charge in [-0.1, -0.05) is 6.07 Å². The van der Waals surface area contributed by atoms with Crippen molar-refractivity contribution in [2.24, 2.45) is 0 Å². The summed E-state index contributed by atoms with van der Waals surface area (Å²) < 4.78 is 0. The second kappa shape index (κ2) is 6.93. The molecular formula is C19H21N5. The summed E-state index contributed by atoms with van der Waals surface area (Å²) in [6, 6.07) is 10.3. The molecule has 1 aliphatic rings. The summed E-state index contributed by atoms with van der Waals surface area (Å²) in [7, 11) is 0. The first kappa shape index (κ1) is 15.0. The minimum atomic E-state index is 0.539. The topological polar surface area (TPSA) is 62.7 Å². The molecule has 5 nitrogen and oxygen atoms in total. The van der Waals surface area contributed by atoms with E-state index in [-0.39, 0.29) is 0 Å². The van der Waals surface area contributed by atoms with Crippen LogP contribution >= 0.6 is 0 Å². The summed E-state index contributed by atoms with van der Waals surface area (Å²) in [6.45, 7) is 2.91. The first-order valence-corrected chi connectivity index (χ1v) is 8.49. The molecule has 0 atom stereocenters. The number of nitrogens with one attached hydrogen (secondary N) is 2. The highest BCUT2D eigenvalue weighted by molar-refractivity contribution is 5.74. The van der Waals surface area contributed by atoms with Crippen molar-refractivity contribution in [2.45, 2.75) is 25.3 Å². The zero-order chi connectivity index (χ0) is 16.2. The van der Waals surface area contributed by atoms with Crippen LogP contribution in [0.4, 0.5) is 5.69 Å². The molecule has 2 N–H and O–H groups in total. The maximum Gasteiger partial charge on any atom is 0.0890 e. The van der Waals surface area contributed by atoms with Crippen molar-refractivity contribution in [2.75, 3.05) is 18.4 Å². The Bertz CT molecular complexity index is 827. The molecule has 0 saturated carbocycles. The van der Waals surface area contributed by atoms with Gasteiger partial charge in [-0.3, -0.25) is 15.0 Å². The predicted molar refractivity (Wildman–Crippen MR) is 95.9 cm³/mol. The zero-order valence-electron chi connectivity index (χ0n) is 13.6. The fraction of sp³-hybridized carbons (Fsp3) is 0.316. The van der Waals surface area contributed by atoms with Gasteiger partial charge in [-0.2, -0.15) is 0 Å². The van der Waals surface area contributed by atoms with Crippen LogP contribution in [0.15, 0.2) is 48.9 Å². The summed E-state index contributed by atoms with van der Waals surface area (Å²) in [5.41, 5.74) is 5.39. The third kappa shape index (κ3) is 3.21. The number of rotatable bonds is 4. The largest absolute Gasteiger partial charge is 0.379 e. The van der Waals surface area contributed by atoms with E-state index < -0.39 is 0 Å². The number of pyridine rings is 1. The molecule has 0 bridgehead atoms. The SMILES string of the molecule is c1cnc(C2CCNCC2)c(NCc2ccc3nccnc3c2)c1. The molecule has 1 aliphatic heterocycles. The van der Waals surface area contributed by atoms with Crippen LogP contribution in [0.5, 0.6) is 0 Å². The Morgan fingerprint density at radius 2 is 1.79 bits per heavy atom. The van der Waals surface area contributed by atoms with Gasteiger partial charge in [0.25, 0.3) is 0 Å². The van der Waals surface area contributed by atoms with E-state index in [9.17, 15) is 0 Å². The second-order valence-corrected chi connectivity index (χ2v) is 6.19. The fourth-order valence-electron chi connectivity index (χ4n) is 3.30. The predicted octanol–water partition coefficient (Wildman–Crippen LogP) is 3.10. The number of fused-ring (bicyclic) bond motifs is 1. The summed E-state index contributed by atoms with van der Waals surface area (Å²) >= 11 is 0. The quantitative estimate of drug-likeness (QED) is 0.774. The summed E-state index contributed by atoms with van der Waals surface area (Å²) in [6.07, 6.45) is 7.65. The van der Waals surface area contributed by atoms with Gasteiger partial charge < -0.3 is 10.6 Å². The van der Waals surface area contributed by atoms with Crippen molar-refractivity contribution in [1.82, 2.24) is 20.3 Å². The highest BCUT2D eigenvalue weighted by atomic mass is 14.9. The molecule has 2 aromatic heterocycles. The van der Waals surface area contributed by atoms with Gasteiger partial charge in [-0.15, -0.1) is 0 Å². The standard InChI is InChI=1S/C19H21N5/c1-2-17(19(23-7-1)15-5-8-20-9-6-15)24-13-14-3-4-16-18(12-14)22-11-10-21-16/h1-4,7,10-12,15,20,24H,5-6,8-9,13H2. The van der Waals surface area contributed by atoms with Crippen molar-refractivity contribution < 1.29 is 0 Å². The van der Waals surface area contributed by atoms with Crippen LogP contribution < -0.4 is 10.6 Å². The van der Waals surface area contributed by atoms with Crippen LogP contribution in [0, 0.1) is 0 Å².